The zero-order valence-electron chi connectivity index (χ0n) is 22.4. The van der Waals surface area contributed by atoms with E-state index in [-0.39, 0.29) is 35.4 Å². The Kier molecular flexibility index (Phi) is 5.84. The van der Waals surface area contributed by atoms with E-state index >= 15 is 0 Å². The molecule has 1 amide bonds. The van der Waals surface area contributed by atoms with Crippen LogP contribution in [-0.2, 0) is 12.4 Å². The van der Waals surface area contributed by atoms with Gasteiger partial charge in [-0.2, -0.15) is 0 Å². The molecular weight excluding hydrogens is 534 g/mol. The fourth-order valence-corrected chi connectivity index (χ4v) is 7.50. The molecule has 0 N–H and O–H groups in total. The summed E-state index contributed by atoms with van der Waals surface area (Å²) in [6.45, 7) is 1.86. The number of thioether (sulfide) groups is 1. The summed E-state index contributed by atoms with van der Waals surface area (Å²) < 4.78 is 14.6. The first kappa shape index (κ1) is 24.6. The highest BCUT2D eigenvalue weighted by Gasteiger charge is 2.45. The van der Waals surface area contributed by atoms with Crippen molar-refractivity contribution < 1.29 is 14.3 Å². The summed E-state index contributed by atoms with van der Waals surface area (Å²) in [5.41, 5.74) is 4.41. The van der Waals surface area contributed by atoms with Crippen LogP contribution in [0, 0.1) is 11.8 Å². The molecule has 41 heavy (non-hydrogen) atoms. The lowest BCUT2D eigenvalue weighted by Crippen LogP contribution is -2.56. The number of carbonyl (C=O) groups excluding carboxylic acids is 1. The second-order valence-corrected chi connectivity index (χ2v) is 12.2. The van der Waals surface area contributed by atoms with Gasteiger partial charge in [0, 0.05) is 35.0 Å². The summed E-state index contributed by atoms with van der Waals surface area (Å²) >= 11 is 1.82. The van der Waals surface area contributed by atoms with Crippen LogP contribution in [0.2, 0.25) is 0 Å². The molecule has 0 saturated heterocycles. The maximum atomic E-state index is 14.2. The van der Waals surface area contributed by atoms with Crippen molar-refractivity contribution >= 4 is 17.7 Å². The van der Waals surface area contributed by atoms with Crippen molar-refractivity contribution in [2.75, 3.05) is 24.8 Å². The summed E-state index contributed by atoms with van der Waals surface area (Å²) in [5.74, 6) is 2.42. The third-order valence-corrected chi connectivity index (χ3v) is 9.78. The minimum absolute atomic E-state index is 0.0966. The van der Waals surface area contributed by atoms with E-state index in [4.69, 9.17) is 9.47 Å². The predicted octanol–water partition coefficient (Wildman–Crippen LogP) is 5.20. The minimum Gasteiger partial charge on any atom is -0.493 e. The van der Waals surface area contributed by atoms with Crippen molar-refractivity contribution in [3.8, 4) is 11.5 Å². The summed E-state index contributed by atoms with van der Waals surface area (Å²) in [6, 6.07) is 25.8. The Morgan fingerprint density at radius 2 is 1.78 bits per heavy atom. The van der Waals surface area contributed by atoms with E-state index in [0.717, 1.165) is 34.6 Å². The van der Waals surface area contributed by atoms with Crippen LogP contribution < -0.4 is 19.9 Å². The van der Waals surface area contributed by atoms with Gasteiger partial charge in [0.05, 0.1) is 6.61 Å². The smallest absolute Gasteiger partial charge is 0.277 e. The van der Waals surface area contributed by atoms with Crippen molar-refractivity contribution in [2.24, 2.45) is 11.8 Å². The van der Waals surface area contributed by atoms with Crippen LogP contribution in [-0.4, -0.2) is 35.3 Å². The lowest BCUT2D eigenvalue weighted by Gasteiger charge is -2.44. The molecule has 3 atom stereocenters. The quantitative estimate of drug-likeness (QED) is 0.341. The average molecular weight is 564 g/mol. The van der Waals surface area contributed by atoms with Gasteiger partial charge in [-0.25, -0.2) is 0 Å². The van der Waals surface area contributed by atoms with E-state index in [1.54, 1.807) is 6.20 Å². The highest BCUT2D eigenvalue weighted by Crippen LogP contribution is 2.48. The molecule has 2 bridgehead atoms. The molecule has 0 spiro atoms. The zero-order valence-corrected chi connectivity index (χ0v) is 23.3. The Morgan fingerprint density at radius 1 is 0.927 bits per heavy atom. The van der Waals surface area contributed by atoms with E-state index in [2.05, 4.69) is 47.5 Å². The number of pyridine rings is 1. The molecule has 0 radical (unpaired) electrons. The number of rotatable bonds is 3. The van der Waals surface area contributed by atoms with Gasteiger partial charge in [-0.05, 0) is 47.1 Å². The van der Waals surface area contributed by atoms with Crippen LogP contribution in [0.5, 0.6) is 11.5 Å². The molecule has 3 aromatic carbocycles. The van der Waals surface area contributed by atoms with Crippen molar-refractivity contribution in [2.45, 2.75) is 29.7 Å². The molecule has 8 heteroatoms. The normalized spacial score (nSPS) is 22.1. The van der Waals surface area contributed by atoms with E-state index in [1.807, 2.05) is 51.7 Å². The van der Waals surface area contributed by atoms with Gasteiger partial charge >= 0.3 is 0 Å². The topological polar surface area (TPSA) is 64.0 Å². The first-order valence-corrected chi connectivity index (χ1v) is 15.1. The van der Waals surface area contributed by atoms with Crippen molar-refractivity contribution in [3.63, 3.8) is 0 Å². The van der Waals surface area contributed by atoms with E-state index in [9.17, 15) is 9.59 Å². The van der Waals surface area contributed by atoms with Gasteiger partial charge in [-0.1, -0.05) is 60.7 Å². The van der Waals surface area contributed by atoms with E-state index in [0.29, 0.717) is 31.7 Å². The second kappa shape index (κ2) is 9.73. The number of ether oxygens (including phenoxy) is 2. The number of hydrogen-bond acceptors (Lipinski definition) is 6. The highest BCUT2D eigenvalue weighted by molar-refractivity contribution is 7.98. The van der Waals surface area contributed by atoms with Gasteiger partial charge in [-0.3, -0.25) is 19.3 Å². The number of benzene rings is 3. The molecule has 1 fully saturated rings. The first-order valence-electron chi connectivity index (χ1n) is 14.1. The van der Waals surface area contributed by atoms with Crippen molar-refractivity contribution in [3.05, 3.63) is 123 Å². The fraction of sp³-hybridized carbons (Fsp3) is 0.273. The van der Waals surface area contributed by atoms with E-state index in [1.165, 1.54) is 16.5 Å². The van der Waals surface area contributed by atoms with Crippen LogP contribution in [0.25, 0.3) is 0 Å². The maximum absolute atomic E-state index is 14.2. The van der Waals surface area contributed by atoms with Gasteiger partial charge in [0.1, 0.15) is 25.1 Å². The predicted molar refractivity (Wildman–Crippen MR) is 157 cm³/mol. The lowest BCUT2D eigenvalue weighted by molar-refractivity contribution is 0.0664. The standard InChI is InChI=1S/C33H29N3O4S/c37-26-13-14-35-31(32(26)40-17-21-7-2-1-3-8-21)33(38)34-16-23-15-24(23)18-39-27-11-6-9-22-19-41-28-12-5-4-10-25(28)30(29(22)27)36(35)20-34/h1-14,23-24,30H,15-20H2/t23-,24-,30-/m0/s1. The first-order chi connectivity index (χ1) is 20.2. The fourth-order valence-electron chi connectivity index (χ4n) is 6.42. The second-order valence-electron chi connectivity index (χ2n) is 11.2. The number of hydrogen-bond donors (Lipinski definition) is 0. The number of aromatic nitrogens is 1. The van der Waals surface area contributed by atoms with Gasteiger partial charge in [0.25, 0.3) is 5.91 Å². The molecule has 206 valence electrons. The van der Waals surface area contributed by atoms with Gasteiger partial charge in [-0.15, -0.1) is 11.8 Å². The molecule has 3 aliphatic heterocycles. The summed E-state index contributed by atoms with van der Waals surface area (Å²) in [6.07, 6.45) is 2.76. The summed E-state index contributed by atoms with van der Waals surface area (Å²) in [7, 11) is 0. The zero-order chi connectivity index (χ0) is 27.5. The molecule has 1 aromatic heterocycles. The van der Waals surface area contributed by atoms with Crippen LogP contribution >= 0.6 is 11.8 Å². The lowest BCUT2D eigenvalue weighted by atomic mass is 9.93. The molecule has 4 aromatic rings. The number of carbonyl (C=O) groups is 1. The molecule has 8 rings (SSSR count). The minimum atomic E-state index is -0.294. The summed E-state index contributed by atoms with van der Waals surface area (Å²) in [5, 5.41) is 2.21. The maximum Gasteiger partial charge on any atom is 0.277 e. The molecule has 7 nitrogen and oxygen atoms in total. The Hall–Kier alpha value is -4.17. The number of nitrogens with zero attached hydrogens (tertiary/aromatic N) is 3. The monoisotopic (exact) mass is 563 g/mol. The Labute approximate surface area is 242 Å². The van der Waals surface area contributed by atoms with Gasteiger partial charge in [0.15, 0.2) is 11.4 Å². The molecule has 0 unspecified atom stereocenters. The van der Waals surface area contributed by atoms with Gasteiger partial charge < -0.3 is 14.4 Å². The van der Waals surface area contributed by atoms with Crippen LogP contribution in [0.4, 0.5) is 0 Å². The van der Waals surface area contributed by atoms with Gasteiger partial charge in [0.2, 0.25) is 5.43 Å². The van der Waals surface area contributed by atoms with Crippen molar-refractivity contribution in [1.82, 2.24) is 9.58 Å². The molecule has 1 saturated carbocycles. The molecule has 4 aliphatic rings. The third-order valence-electron chi connectivity index (χ3n) is 8.64. The van der Waals surface area contributed by atoms with Crippen molar-refractivity contribution in [1.29, 1.82) is 0 Å². The Balaban J connectivity index is 1.34. The van der Waals surface area contributed by atoms with E-state index < -0.39 is 0 Å². The largest absolute Gasteiger partial charge is 0.493 e. The number of fused-ring (bicyclic) bond motifs is 8. The summed E-state index contributed by atoms with van der Waals surface area (Å²) in [4.78, 5) is 30.6. The van der Waals surface area contributed by atoms with Crippen LogP contribution in [0.3, 0.4) is 0 Å². The van der Waals surface area contributed by atoms with Crippen LogP contribution in [0.1, 0.15) is 45.2 Å². The third kappa shape index (κ3) is 4.20. The molecule has 4 heterocycles. The average Bonchev–Trinajstić information content (AvgIpc) is 3.77. The SMILES string of the molecule is O=C1c2c(OCc3ccccc3)c(=O)ccn2N2CN1C[C@@H]1C[C@H]1COc1cccc3c1[C@@H]2c1ccccc1SC3. The Morgan fingerprint density at radius 3 is 2.68 bits per heavy atom. The van der Waals surface area contributed by atoms with Crippen LogP contribution in [0.15, 0.2) is 94.7 Å². The Bertz CT molecular complexity index is 1720. The molecular formula is C33H29N3O4S. The molecule has 1 aliphatic carbocycles. The number of amides is 1. The highest BCUT2D eigenvalue weighted by atomic mass is 32.2.